The van der Waals surface area contributed by atoms with Gasteiger partial charge in [-0.3, -0.25) is 4.79 Å². The van der Waals surface area contributed by atoms with Crippen LogP contribution in [0.3, 0.4) is 0 Å². The third-order valence-electron chi connectivity index (χ3n) is 8.47. The molecule has 0 spiro atoms. The highest BCUT2D eigenvalue weighted by Gasteiger charge is 2.39. The number of nitrogens with zero attached hydrogens (tertiary/aromatic N) is 5. The van der Waals surface area contributed by atoms with Gasteiger partial charge in [0.15, 0.2) is 17.5 Å². The van der Waals surface area contributed by atoms with E-state index >= 15 is 0 Å². The Bertz CT molecular complexity index is 1730. The van der Waals surface area contributed by atoms with Crippen molar-refractivity contribution >= 4 is 46.4 Å². The van der Waals surface area contributed by atoms with E-state index < -0.39 is 29.1 Å². The Balaban J connectivity index is 1.60. The van der Waals surface area contributed by atoms with E-state index in [2.05, 4.69) is 32.0 Å². The lowest BCUT2D eigenvalue weighted by Gasteiger charge is -2.31. The summed E-state index contributed by atoms with van der Waals surface area (Å²) >= 11 is 0. The third-order valence-corrected chi connectivity index (χ3v) is 8.47. The van der Waals surface area contributed by atoms with Crippen LogP contribution in [0.5, 0.6) is 5.75 Å². The zero-order chi connectivity index (χ0) is 34.9. The Morgan fingerprint density at radius 3 is 2.54 bits per heavy atom. The predicted octanol–water partition coefficient (Wildman–Crippen LogP) is 6.16. The maximum Gasteiger partial charge on any atom is 0.343 e. The van der Waals surface area contributed by atoms with Crippen LogP contribution < -0.4 is 25.2 Å². The van der Waals surface area contributed by atoms with Gasteiger partial charge in [0, 0.05) is 55.1 Å². The Labute approximate surface area is 279 Å². The molecule has 0 radical (unpaired) electrons. The summed E-state index contributed by atoms with van der Waals surface area (Å²) in [7, 11) is 5.61. The number of amides is 1. The minimum atomic E-state index is -1.01. The number of fused-ring (bicyclic) bond motifs is 1. The number of nitrogens with one attached hydrogen (secondary N) is 2. The highest BCUT2D eigenvalue weighted by molar-refractivity contribution is 6.02. The molecule has 1 fully saturated rings. The molecule has 1 saturated heterocycles. The maximum atomic E-state index is 14.6. The molecule has 3 aromatic rings. The molecule has 2 N–H and O–H groups in total. The van der Waals surface area contributed by atoms with Gasteiger partial charge in [-0.2, -0.15) is 4.98 Å². The fourth-order valence-corrected chi connectivity index (χ4v) is 6.36. The van der Waals surface area contributed by atoms with Gasteiger partial charge >= 0.3 is 5.97 Å². The molecule has 2 aliphatic rings. The molecular formula is C35H43F2N7O4. The molecule has 1 atom stereocenters. The molecule has 0 unspecified atom stereocenters. The summed E-state index contributed by atoms with van der Waals surface area (Å²) < 4.78 is 40.2. The molecule has 256 valence electrons. The number of carbonyl (C=O) groups is 2. The molecule has 48 heavy (non-hydrogen) atoms. The normalized spacial score (nSPS) is 16.7. The monoisotopic (exact) mass is 663 g/mol. The summed E-state index contributed by atoms with van der Waals surface area (Å²) in [6.07, 6.45) is 4.14. The number of hydrogen-bond donors (Lipinski definition) is 2. The summed E-state index contributed by atoms with van der Waals surface area (Å²) in [6.45, 7) is 12.8. The zero-order valence-electron chi connectivity index (χ0n) is 28.5. The van der Waals surface area contributed by atoms with Crippen LogP contribution in [0.2, 0.25) is 0 Å². The van der Waals surface area contributed by atoms with E-state index in [0.29, 0.717) is 28.4 Å². The number of anilines is 6. The van der Waals surface area contributed by atoms with E-state index in [4.69, 9.17) is 14.5 Å². The van der Waals surface area contributed by atoms with Gasteiger partial charge in [0.05, 0.1) is 30.3 Å². The second-order valence-corrected chi connectivity index (χ2v) is 13.3. The molecule has 2 aromatic carbocycles. The quantitative estimate of drug-likeness (QED) is 0.183. The molecule has 11 nitrogen and oxygen atoms in total. The highest BCUT2D eigenvalue weighted by atomic mass is 19.2. The van der Waals surface area contributed by atoms with Crippen molar-refractivity contribution in [2.24, 2.45) is 0 Å². The number of carbonyl (C=O) groups excluding carboxylic acids is 2. The van der Waals surface area contributed by atoms with Gasteiger partial charge in [-0.1, -0.05) is 20.4 Å². The lowest BCUT2D eigenvalue weighted by Crippen LogP contribution is -2.38. The van der Waals surface area contributed by atoms with Crippen LogP contribution in [0, 0.1) is 11.6 Å². The summed E-state index contributed by atoms with van der Waals surface area (Å²) in [5.74, 6) is -2.27. The van der Waals surface area contributed by atoms with Crippen molar-refractivity contribution in [1.29, 1.82) is 0 Å². The van der Waals surface area contributed by atoms with Gasteiger partial charge in [-0.25, -0.2) is 18.6 Å². The molecule has 3 heterocycles. The molecule has 0 aliphatic carbocycles. The van der Waals surface area contributed by atoms with Crippen molar-refractivity contribution < 1.29 is 27.8 Å². The first kappa shape index (κ1) is 34.6. The summed E-state index contributed by atoms with van der Waals surface area (Å²) in [5, 5.41) is 6.12. The van der Waals surface area contributed by atoms with E-state index in [-0.39, 0.29) is 35.8 Å². The van der Waals surface area contributed by atoms with Gasteiger partial charge in [0.1, 0.15) is 11.3 Å². The number of hydrogen-bond acceptors (Lipinski definition) is 10. The number of ether oxygens (including phenoxy) is 2. The largest absolute Gasteiger partial charge is 0.494 e. The van der Waals surface area contributed by atoms with Gasteiger partial charge < -0.3 is 34.8 Å². The Hall–Kier alpha value is -4.78. The van der Waals surface area contributed by atoms with Crippen LogP contribution in [0.4, 0.5) is 43.3 Å². The molecule has 2 aliphatic heterocycles. The molecular weight excluding hydrogens is 620 g/mol. The second-order valence-electron chi connectivity index (χ2n) is 13.3. The van der Waals surface area contributed by atoms with E-state index in [9.17, 15) is 18.4 Å². The number of halogens is 2. The van der Waals surface area contributed by atoms with Crippen molar-refractivity contribution in [3.8, 4) is 5.75 Å². The number of rotatable bonds is 11. The first-order valence-corrected chi connectivity index (χ1v) is 15.9. The van der Waals surface area contributed by atoms with E-state index in [1.807, 2.05) is 34.0 Å². The lowest BCUT2D eigenvalue weighted by atomic mass is 9.87. The van der Waals surface area contributed by atoms with Gasteiger partial charge in [0.2, 0.25) is 11.9 Å². The van der Waals surface area contributed by atoms with Crippen molar-refractivity contribution in [3.63, 3.8) is 0 Å². The summed E-state index contributed by atoms with van der Waals surface area (Å²) in [4.78, 5) is 41.1. The second kappa shape index (κ2) is 13.8. The zero-order valence-corrected chi connectivity index (χ0v) is 28.5. The number of esters is 1. The van der Waals surface area contributed by atoms with Crippen molar-refractivity contribution in [2.75, 3.05) is 61.3 Å². The average molecular weight is 664 g/mol. The van der Waals surface area contributed by atoms with E-state index in [1.165, 1.54) is 18.3 Å². The molecule has 0 saturated carbocycles. The number of likely N-dealkylation sites (N-methyl/N-ethyl adjacent to an activating group) is 1. The van der Waals surface area contributed by atoms with Crippen molar-refractivity contribution in [3.05, 3.63) is 65.9 Å². The van der Waals surface area contributed by atoms with Crippen LogP contribution in [0.15, 0.2) is 43.1 Å². The van der Waals surface area contributed by atoms with Crippen LogP contribution in [0.25, 0.3) is 0 Å². The minimum Gasteiger partial charge on any atom is -0.494 e. The highest BCUT2D eigenvalue weighted by Crippen LogP contribution is 2.46. The molecule has 5 rings (SSSR count). The predicted molar refractivity (Wildman–Crippen MR) is 183 cm³/mol. The van der Waals surface area contributed by atoms with E-state index in [1.54, 1.807) is 31.9 Å². The number of methoxy groups -OCH3 is 1. The molecule has 13 heteroatoms. The SMILES string of the molecule is C=CC(=O)Nc1cc(Nc2ncc(C(=O)OC(C)C)c(N3CC(C)(C)c4cc(F)c(F)cc43)n2)c(OC)cc1N1CCC[C@@H]1CN(C)C. The Morgan fingerprint density at radius 1 is 1.15 bits per heavy atom. The third kappa shape index (κ3) is 7.05. The van der Waals surface area contributed by atoms with Crippen molar-refractivity contribution in [2.45, 2.75) is 58.1 Å². The maximum absolute atomic E-state index is 14.6. The average Bonchev–Trinajstić information content (AvgIpc) is 3.57. The van der Waals surface area contributed by atoms with Gasteiger partial charge in [0.25, 0.3) is 0 Å². The number of benzene rings is 2. The van der Waals surface area contributed by atoms with Crippen LogP contribution in [-0.2, 0) is 14.9 Å². The van der Waals surface area contributed by atoms with Gasteiger partial charge in [-0.15, -0.1) is 0 Å². The fourth-order valence-electron chi connectivity index (χ4n) is 6.36. The molecule has 0 bridgehead atoms. The summed E-state index contributed by atoms with van der Waals surface area (Å²) in [6, 6.07) is 6.15. The minimum absolute atomic E-state index is 0.0600. The van der Waals surface area contributed by atoms with E-state index in [0.717, 1.165) is 37.7 Å². The van der Waals surface area contributed by atoms with Crippen molar-refractivity contribution in [1.82, 2.24) is 14.9 Å². The molecule has 1 aromatic heterocycles. The molecule has 1 amide bonds. The standard InChI is InChI=1S/C35H43F2N7O4/c1-9-31(45)39-26-15-27(30(47-8)16-29(26)43-12-10-11-21(43)18-42(6)7)40-34-38-17-22(33(46)48-20(2)3)32(41-34)44-19-35(4,5)23-13-24(36)25(37)14-28(23)44/h9,13-17,20-21H,1,10-12,18-19H2,2-8H3,(H,39,45)(H,38,40,41)/t21-/m1/s1. The first-order valence-electron chi connectivity index (χ1n) is 15.9. The topological polar surface area (TPSA) is 112 Å². The fraction of sp³-hybridized carbons (Fsp3) is 0.429. The van der Waals surface area contributed by atoms with Gasteiger partial charge in [-0.05, 0) is 64.6 Å². The number of aromatic nitrogens is 2. The Morgan fingerprint density at radius 2 is 1.88 bits per heavy atom. The van der Waals surface area contributed by atoms with Crippen LogP contribution in [-0.4, -0.2) is 79.7 Å². The van der Waals surface area contributed by atoms with Crippen LogP contribution in [0.1, 0.15) is 56.5 Å². The lowest BCUT2D eigenvalue weighted by molar-refractivity contribution is -0.111. The first-order chi connectivity index (χ1) is 22.7. The Kier molecular flexibility index (Phi) is 9.90. The summed E-state index contributed by atoms with van der Waals surface area (Å²) in [5.41, 5.74) is 2.21. The van der Waals surface area contributed by atoms with Crippen LogP contribution >= 0.6 is 0 Å². The smallest absolute Gasteiger partial charge is 0.343 e.